The number of rotatable bonds is 8. The Morgan fingerprint density at radius 1 is 1.28 bits per heavy atom. The van der Waals surface area contributed by atoms with E-state index in [1.807, 2.05) is 13.0 Å². The fraction of sp³-hybridized carbons (Fsp3) is 0.692. The first-order chi connectivity index (χ1) is 8.78. The lowest BCUT2D eigenvalue weighted by Crippen LogP contribution is -2.12. The van der Waals surface area contributed by atoms with Gasteiger partial charge in [-0.2, -0.15) is 0 Å². The molecule has 0 aliphatic heterocycles. The fourth-order valence-electron chi connectivity index (χ4n) is 1.72. The first-order valence-electron chi connectivity index (χ1n) is 6.69. The van der Waals surface area contributed by atoms with E-state index in [4.69, 9.17) is 4.74 Å². The minimum Gasteiger partial charge on any atom is -0.379 e. The van der Waals surface area contributed by atoms with Crippen molar-refractivity contribution in [2.75, 3.05) is 36.9 Å². The van der Waals surface area contributed by atoms with E-state index in [9.17, 15) is 0 Å². The van der Waals surface area contributed by atoms with Crippen molar-refractivity contribution in [3.8, 4) is 0 Å². The van der Waals surface area contributed by atoms with E-state index in [2.05, 4.69) is 27.5 Å². The van der Waals surface area contributed by atoms with Crippen molar-refractivity contribution in [1.29, 1.82) is 0 Å². The van der Waals surface area contributed by atoms with Crippen molar-refractivity contribution < 1.29 is 4.74 Å². The smallest absolute Gasteiger partial charge is 0.131 e. The van der Waals surface area contributed by atoms with Crippen LogP contribution < -0.4 is 10.6 Å². The monoisotopic (exact) mass is 250 g/mol. The molecule has 0 spiro atoms. The van der Waals surface area contributed by atoms with Crippen molar-refractivity contribution in [3.05, 3.63) is 11.9 Å². The summed E-state index contributed by atoms with van der Waals surface area (Å²) in [5, 5.41) is 6.45. The lowest BCUT2D eigenvalue weighted by molar-refractivity contribution is 0.134. The van der Waals surface area contributed by atoms with Gasteiger partial charge in [-0.15, -0.1) is 0 Å². The first-order valence-corrected chi connectivity index (χ1v) is 6.69. The standard InChI is InChI=1S/C13H22N4O/c1-3-14-12-8-13(17-10(2)16-12)15-6-7-18-9-11-4-5-11/h8,11H,3-7,9H2,1-2H3,(H2,14,15,16,17). The van der Waals surface area contributed by atoms with Crippen molar-refractivity contribution in [3.63, 3.8) is 0 Å². The van der Waals surface area contributed by atoms with Gasteiger partial charge in [-0.1, -0.05) is 0 Å². The second-order valence-electron chi connectivity index (χ2n) is 4.66. The molecule has 1 aliphatic carbocycles. The van der Waals surface area contributed by atoms with Crippen LogP contribution in [0.25, 0.3) is 0 Å². The van der Waals surface area contributed by atoms with Gasteiger partial charge < -0.3 is 15.4 Å². The average Bonchev–Trinajstić information content (AvgIpc) is 3.12. The molecule has 0 atom stereocenters. The highest BCUT2D eigenvalue weighted by atomic mass is 16.5. The van der Waals surface area contributed by atoms with Crippen LogP contribution in [0.5, 0.6) is 0 Å². The summed E-state index contributed by atoms with van der Waals surface area (Å²) >= 11 is 0. The number of aryl methyl sites for hydroxylation is 1. The molecular weight excluding hydrogens is 228 g/mol. The molecule has 0 amide bonds. The van der Waals surface area contributed by atoms with E-state index in [1.165, 1.54) is 12.8 Å². The molecule has 100 valence electrons. The van der Waals surface area contributed by atoms with Gasteiger partial charge in [0.2, 0.25) is 0 Å². The zero-order valence-electron chi connectivity index (χ0n) is 11.2. The Bertz CT molecular complexity index is 379. The number of anilines is 2. The fourth-order valence-corrected chi connectivity index (χ4v) is 1.72. The van der Waals surface area contributed by atoms with Gasteiger partial charge >= 0.3 is 0 Å². The molecule has 2 N–H and O–H groups in total. The maximum absolute atomic E-state index is 5.57. The predicted molar refractivity (Wildman–Crippen MR) is 73.0 cm³/mol. The van der Waals surface area contributed by atoms with Crippen LogP contribution in [-0.2, 0) is 4.74 Å². The minimum atomic E-state index is 0.732. The molecule has 0 radical (unpaired) electrons. The molecule has 18 heavy (non-hydrogen) atoms. The topological polar surface area (TPSA) is 59.1 Å². The van der Waals surface area contributed by atoms with E-state index in [0.29, 0.717) is 0 Å². The van der Waals surface area contributed by atoms with E-state index in [-0.39, 0.29) is 0 Å². The zero-order chi connectivity index (χ0) is 12.8. The average molecular weight is 250 g/mol. The summed E-state index contributed by atoms with van der Waals surface area (Å²) in [4.78, 5) is 8.65. The highest BCUT2D eigenvalue weighted by Crippen LogP contribution is 2.28. The van der Waals surface area contributed by atoms with Crippen molar-refractivity contribution in [2.45, 2.75) is 26.7 Å². The van der Waals surface area contributed by atoms with Crippen LogP contribution in [0.2, 0.25) is 0 Å². The van der Waals surface area contributed by atoms with E-state index in [0.717, 1.165) is 49.7 Å². The van der Waals surface area contributed by atoms with Gasteiger partial charge in [0.25, 0.3) is 0 Å². The van der Waals surface area contributed by atoms with Crippen molar-refractivity contribution in [1.82, 2.24) is 9.97 Å². The molecule has 1 aromatic heterocycles. The Morgan fingerprint density at radius 2 is 2.00 bits per heavy atom. The van der Waals surface area contributed by atoms with Gasteiger partial charge in [0, 0.05) is 25.8 Å². The lowest BCUT2D eigenvalue weighted by atomic mass is 10.4. The Hall–Kier alpha value is -1.36. The number of ether oxygens (including phenoxy) is 1. The first kappa shape index (κ1) is 13.1. The van der Waals surface area contributed by atoms with Crippen LogP contribution in [0, 0.1) is 12.8 Å². The van der Waals surface area contributed by atoms with Gasteiger partial charge in [-0.05, 0) is 32.6 Å². The number of nitrogens with zero attached hydrogens (tertiary/aromatic N) is 2. The molecule has 5 nitrogen and oxygen atoms in total. The highest BCUT2D eigenvalue weighted by molar-refractivity contribution is 5.47. The molecule has 1 saturated carbocycles. The summed E-state index contributed by atoms with van der Waals surface area (Å²) in [6.07, 6.45) is 2.68. The molecule has 2 rings (SSSR count). The van der Waals surface area contributed by atoms with Crippen LogP contribution in [0.1, 0.15) is 25.6 Å². The Balaban J connectivity index is 1.72. The molecule has 1 aliphatic rings. The van der Waals surface area contributed by atoms with Gasteiger partial charge in [0.15, 0.2) is 0 Å². The number of aromatic nitrogens is 2. The molecular formula is C13H22N4O. The van der Waals surface area contributed by atoms with Crippen LogP contribution in [0.4, 0.5) is 11.6 Å². The normalized spacial score (nSPS) is 14.6. The van der Waals surface area contributed by atoms with Crippen LogP contribution in [0.15, 0.2) is 6.07 Å². The molecule has 0 saturated heterocycles. The van der Waals surface area contributed by atoms with E-state index < -0.39 is 0 Å². The summed E-state index contributed by atoms with van der Waals surface area (Å²) in [6, 6.07) is 1.93. The molecule has 0 bridgehead atoms. The van der Waals surface area contributed by atoms with Crippen molar-refractivity contribution >= 4 is 11.6 Å². The molecule has 0 aromatic carbocycles. The largest absolute Gasteiger partial charge is 0.379 e. The maximum Gasteiger partial charge on any atom is 0.131 e. The Labute approximate surface area is 108 Å². The third-order valence-corrected chi connectivity index (χ3v) is 2.80. The quantitative estimate of drug-likeness (QED) is 0.692. The Morgan fingerprint density at radius 3 is 2.67 bits per heavy atom. The second-order valence-corrected chi connectivity index (χ2v) is 4.66. The molecule has 5 heteroatoms. The summed E-state index contributed by atoms with van der Waals surface area (Å²) in [7, 11) is 0. The minimum absolute atomic E-state index is 0.732. The molecule has 1 aromatic rings. The van der Waals surface area contributed by atoms with Gasteiger partial charge in [-0.3, -0.25) is 0 Å². The van der Waals surface area contributed by atoms with E-state index in [1.54, 1.807) is 0 Å². The predicted octanol–water partition coefficient (Wildman–Crippen LogP) is 2.06. The number of hydrogen-bond donors (Lipinski definition) is 2. The Kier molecular flexibility index (Phi) is 4.75. The van der Waals surface area contributed by atoms with Crippen LogP contribution in [0.3, 0.4) is 0 Å². The summed E-state index contributed by atoms with van der Waals surface area (Å²) in [5.41, 5.74) is 0. The van der Waals surface area contributed by atoms with E-state index >= 15 is 0 Å². The molecule has 1 heterocycles. The second kappa shape index (κ2) is 6.54. The maximum atomic E-state index is 5.57. The molecule has 1 fully saturated rings. The third kappa shape index (κ3) is 4.49. The van der Waals surface area contributed by atoms with Gasteiger partial charge in [0.1, 0.15) is 17.5 Å². The van der Waals surface area contributed by atoms with Crippen LogP contribution in [-0.4, -0.2) is 36.3 Å². The summed E-state index contributed by atoms with van der Waals surface area (Å²) in [6.45, 7) is 7.24. The lowest BCUT2D eigenvalue weighted by Gasteiger charge is -2.09. The summed E-state index contributed by atoms with van der Waals surface area (Å²) < 4.78 is 5.57. The van der Waals surface area contributed by atoms with Crippen molar-refractivity contribution in [2.24, 2.45) is 5.92 Å². The SMILES string of the molecule is CCNc1cc(NCCOCC2CC2)nc(C)n1. The zero-order valence-corrected chi connectivity index (χ0v) is 11.2. The summed E-state index contributed by atoms with van der Waals surface area (Å²) in [5.74, 6) is 3.32. The van der Waals surface area contributed by atoms with Gasteiger partial charge in [-0.25, -0.2) is 9.97 Å². The number of nitrogens with one attached hydrogen (secondary N) is 2. The van der Waals surface area contributed by atoms with Gasteiger partial charge in [0.05, 0.1) is 6.61 Å². The number of hydrogen-bond acceptors (Lipinski definition) is 5. The third-order valence-electron chi connectivity index (χ3n) is 2.80. The highest BCUT2D eigenvalue weighted by Gasteiger charge is 2.20. The van der Waals surface area contributed by atoms with Crippen LogP contribution >= 0.6 is 0 Å². The molecule has 0 unspecified atom stereocenters.